The zero-order valence-electron chi connectivity index (χ0n) is 11.9. The minimum absolute atomic E-state index is 0.134. The summed E-state index contributed by atoms with van der Waals surface area (Å²) in [5.74, 6) is 1.84. The number of hydrogen-bond donors (Lipinski definition) is 3. The number of aromatic nitrogens is 2. The van der Waals surface area contributed by atoms with Crippen molar-refractivity contribution in [1.82, 2.24) is 9.97 Å². The number of hydrogen-bond acceptors (Lipinski definition) is 6. The molecule has 0 saturated heterocycles. The van der Waals surface area contributed by atoms with Gasteiger partial charge in [0.15, 0.2) is 11.6 Å². The third kappa shape index (κ3) is 3.89. The van der Waals surface area contributed by atoms with E-state index in [0.717, 1.165) is 10.2 Å². The van der Waals surface area contributed by atoms with E-state index in [1.165, 1.54) is 6.20 Å². The number of aromatic hydroxyl groups is 1. The monoisotopic (exact) mass is 372 g/mol. The number of rotatable bonds is 4. The average molecular weight is 373 g/mol. The quantitative estimate of drug-likeness (QED) is 0.597. The number of halogens is 1. The van der Waals surface area contributed by atoms with Gasteiger partial charge in [-0.15, -0.1) is 0 Å². The Morgan fingerprint density at radius 2 is 1.74 bits per heavy atom. The van der Waals surface area contributed by atoms with Crippen molar-refractivity contribution in [3.05, 3.63) is 59.2 Å². The summed E-state index contributed by atoms with van der Waals surface area (Å²) in [4.78, 5) is 8.13. The summed E-state index contributed by atoms with van der Waals surface area (Å²) >= 11 is 3.38. The summed E-state index contributed by atoms with van der Waals surface area (Å²) in [6, 6.07) is 14.0. The van der Waals surface area contributed by atoms with Gasteiger partial charge in [-0.05, 0) is 48.5 Å². The lowest BCUT2D eigenvalue weighted by Gasteiger charge is -2.12. The zero-order valence-corrected chi connectivity index (χ0v) is 13.5. The highest BCUT2D eigenvalue weighted by atomic mass is 79.9. The molecule has 3 aromatic rings. The van der Waals surface area contributed by atoms with E-state index in [2.05, 4.69) is 31.2 Å². The highest BCUT2D eigenvalue weighted by molar-refractivity contribution is 9.10. The zero-order chi connectivity index (χ0) is 16.2. The molecule has 7 heteroatoms. The number of nitrogens with one attached hydrogen (secondary N) is 1. The Labute approximate surface area is 141 Å². The predicted molar refractivity (Wildman–Crippen MR) is 92.0 cm³/mol. The van der Waals surface area contributed by atoms with Gasteiger partial charge in [0.1, 0.15) is 11.5 Å². The maximum Gasteiger partial charge on any atom is 0.222 e. The molecule has 0 bridgehead atoms. The molecule has 0 atom stereocenters. The number of nitrogens with zero attached hydrogens (tertiary/aromatic N) is 2. The topological polar surface area (TPSA) is 93.3 Å². The summed E-state index contributed by atoms with van der Waals surface area (Å²) in [5, 5.41) is 12.4. The van der Waals surface area contributed by atoms with Gasteiger partial charge in [0, 0.05) is 10.2 Å². The number of anilines is 3. The fourth-order valence-corrected chi connectivity index (χ4v) is 2.12. The van der Waals surface area contributed by atoms with Gasteiger partial charge in [0.05, 0.1) is 6.20 Å². The first-order valence-corrected chi connectivity index (χ1v) is 7.51. The van der Waals surface area contributed by atoms with Crippen LogP contribution in [0.2, 0.25) is 0 Å². The first-order chi connectivity index (χ1) is 11.1. The maximum atomic E-state index is 9.34. The molecular weight excluding hydrogens is 360 g/mol. The molecule has 6 nitrogen and oxygen atoms in total. The van der Waals surface area contributed by atoms with Gasteiger partial charge in [0.25, 0.3) is 0 Å². The first kappa shape index (κ1) is 15.1. The van der Waals surface area contributed by atoms with Crippen molar-refractivity contribution < 1.29 is 9.84 Å². The standard InChI is InChI=1S/C16H13BrN4O2/c17-10-1-7-13(8-2-10)23-14-9-19-16(18)21-15(14)20-11-3-5-12(22)6-4-11/h1-9,22H,(H3,18,19,20,21). The smallest absolute Gasteiger partial charge is 0.222 e. The molecule has 0 amide bonds. The first-order valence-electron chi connectivity index (χ1n) is 6.72. The normalized spacial score (nSPS) is 10.3. The van der Waals surface area contributed by atoms with E-state index in [1.54, 1.807) is 24.3 Å². The molecule has 2 aromatic carbocycles. The third-order valence-corrected chi connectivity index (χ3v) is 3.47. The van der Waals surface area contributed by atoms with Crippen LogP contribution in [0.15, 0.2) is 59.2 Å². The number of nitrogen functional groups attached to an aromatic ring is 1. The fourth-order valence-electron chi connectivity index (χ4n) is 1.86. The van der Waals surface area contributed by atoms with Gasteiger partial charge in [-0.2, -0.15) is 4.98 Å². The Kier molecular flexibility index (Phi) is 4.29. The fraction of sp³-hybridized carbons (Fsp3) is 0. The Morgan fingerprint density at radius 3 is 2.43 bits per heavy atom. The van der Waals surface area contributed by atoms with Crippen molar-refractivity contribution >= 4 is 33.4 Å². The van der Waals surface area contributed by atoms with Crippen molar-refractivity contribution in [3.63, 3.8) is 0 Å². The van der Waals surface area contributed by atoms with Crippen molar-refractivity contribution in [3.8, 4) is 17.2 Å². The van der Waals surface area contributed by atoms with Gasteiger partial charge < -0.3 is 20.9 Å². The van der Waals surface area contributed by atoms with Crippen LogP contribution in [0, 0.1) is 0 Å². The van der Waals surface area contributed by atoms with E-state index in [0.29, 0.717) is 17.3 Å². The van der Waals surface area contributed by atoms with Crippen LogP contribution < -0.4 is 15.8 Å². The molecule has 0 saturated carbocycles. The molecule has 116 valence electrons. The van der Waals surface area contributed by atoms with E-state index in [4.69, 9.17) is 10.5 Å². The van der Waals surface area contributed by atoms with Crippen LogP contribution in [0.4, 0.5) is 17.5 Å². The van der Waals surface area contributed by atoms with Crippen LogP contribution in [0.5, 0.6) is 17.2 Å². The second-order valence-corrected chi connectivity index (χ2v) is 5.58. The molecule has 1 aromatic heterocycles. The van der Waals surface area contributed by atoms with Crippen molar-refractivity contribution in [2.75, 3.05) is 11.1 Å². The molecule has 4 N–H and O–H groups in total. The summed E-state index contributed by atoms with van der Waals surface area (Å²) in [6.07, 6.45) is 1.51. The highest BCUT2D eigenvalue weighted by Gasteiger charge is 2.09. The van der Waals surface area contributed by atoms with Crippen LogP contribution in [-0.4, -0.2) is 15.1 Å². The molecular formula is C16H13BrN4O2. The lowest BCUT2D eigenvalue weighted by Crippen LogP contribution is -2.02. The van der Waals surface area contributed by atoms with E-state index in [-0.39, 0.29) is 11.7 Å². The molecule has 0 aliphatic heterocycles. The van der Waals surface area contributed by atoms with E-state index in [1.807, 2.05) is 24.3 Å². The number of phenolic OH excluding ortho intramolecular Hbond substituents is 1. The van der Waals surface area contributed by atoms with Crippen molar-refractivity contribution in [2.45, 2.75) is 0 Å². The molecule has 0 aliphatic carbocycles. The van der Waals surface area contributed by atoms with E-state index in [9.17, 15) is 5.11 Å². The molecule has 23 heavy (non-hydrogen) atoms. The SMILES string of the molecule is Nc1ncc(Oc2ccc(Br)cc2)c(Nc2ccc(O)cc2)n1. The van der Waals surface area contributed by atoms with Crippen LogP contribution in [0.1, 0.15) is 0 Å². The van der Waals surface area contributed by atoms with E-state index >= 15 is 0 Å². The predicted octanol–water partition coefficient (Wildman–Crippen LogP) is 4.06. The molecule has 3 rings (SSSR count). The van der Waals surface area contributed by atoms with Gasteiger partial charge in [-0.1, -0.05) is 15.9 Å². The second kappa shape index (κ2) is 6.53. The minimum atomic E-state index is 0.134. The summed E-state index contributed by atoms with van der Waals surface area (Å²) in [5.41, 5.74) is 6.39. The molecule has 0 radical (unpaired) electrons. The number of nitrogens with two attached hydrogens (primary N) is 1. The van der Waals surface area contributed by atoms with Crippen LogP contribution in [-0.2, 0) is 0 Å². The van der Waals surface area contributed by atoms with Crippen molar-refractivity contribution in [2.24, 2.45) is 0 Å². The molecule has 0 aliphatic rings. The lowest BCUT2D eigenvalue weighted by molar-refractivity contribution is 0.475. The van der Waals surface area contributed by atoms with Crippen LogP contribution in [0.3, 0.4) is 0 Å². The molecule has 0 fully saturated rings. The van der Waals surface area contributed by atoms with Gasteiger partial charge in [0.2, 0.25) is 5.95 Å². The Bertz CT molecular complexity index is 807. The van der Waals surface area contributed by atoms with Gasteiger partial charge in [-0.25, -0.2) is 4.98 Å². The largest absolute Gasteiger partial charge is 0.508 e. The Balaban J connectivity index is 1.88. The van der Waals surface area contributed by atoms with Gasteiger partial charge >= 0.3 is 0 Å². The average Bonchev–Trinajstić information content (AvgIpc) is 2.54. The van der Waals surface area contributed by atoms with Crippen LogP contribution >= 0.6 is 15.9 Å². The van der Waals surface area contributed by atoms with E-state index < -0.39 is 0 Å². The minimum Gasteiger partial charge on any atom is -0.508 e. The van der Waals surface area contributed by atoms with Crippen LogP contribution in [0.25, 0.3) is 0 Å². The summed E-state index contributed by atoms with van der Waals surface area (Å²) in [6.45, 7) is 0. The summed E-state index contributed by atoms with van der Waals surface area (Å²) in [7, 11) is 0. The second-order valence-electron chi connectivity index (χ2n) is 4.67. The number of benzene rings is 2. The summed E-state index contributed by atoms with van der Waals surface area (Å²) < 4.78 is 6.76. The third-order valence-electron chi connectivity index (χ3n) is 2.95. The lowest BCUT2D eigenvalue weighted by atomic mass is 10.3. The molecule has 0 spiro atoms. The number of phenols is 1. The maximum absolute atomic E-state index is 9.34. The van der Waals surface area contributed by atoms with Crippen molar-refractivity contribution in [1.29, 1.82) is 0 Å². The molecule has 0 unspecified atom stereocenters. The Hall–Kier alpha value is -2.80. The highest BCUT2D eigenvalue weighted by Crippen LogP contribution is 2.31. The molecule has 1 heterocycles. The Morgan fingerprint density at radius 1 is 1.04 bits per heavy atom. The number of ether oxygens (including phenoxy) is 1. The van der Waals surface area contributed by atoms with Gasteiger partial charge in [-0.3, -0.25) is 0 Å².